The number of hydrogen-bond donors (Lipinski definition) is 3. The number of fused-ring (bicyclic) bond motifs is 1. The molecule has 1 amide bonds. The van der Waals surface area contributed by atoms with E-state index in [1.54, 1.807) is 11.9 Å². The largest absolute Gasteiger partial charge is 0.476 e. The normalized spacial score (nSPS) is 14.9. The molecule has 74 valence electrons. The van der Waals surface area contributed by atoms with E-state index in [4.69, 9.17) is 5.11 Å². The van der Waals surface area contributed by atoms with Gasteiger partial charge in [-0.05, 0) is 0 Å². The highest BCUT2D eigenvalue weighted by atomic mass is 16.4. The molecule has 1 aromatic rings. The van der Waals surface area contributed by atoms with Gasteiger partial charge in [0.05, 0.1) is 6.54 Å². The van der Waals surface area contributed by atoms with Crippen molar-refractivity contribution >= 4 is 23.4 Å². The Morgan fingerprint density at radius 2 is 2.36 bits per heavy atom. The number of aromatic amines is 1. The fourth-order valence-corrected chi connectivity index (χ4v) is 1.41. The molecule has 14 heavy (non-hydrogen) atoms. The van der Waals surface area contributed by atoms with E-state index in [0.717, 1.165) is 0 Å². The van der Waals surface area contributed by atoms with Crippen molar-refractivity contribution in [1.29, 1.82) is 0 Å². The third-order valence-electron chi connectivity index (χ3n) is 1.97. The monoisotopic (exact) mass is 196 g/mol. The second kappa shape index (κ2) is 2.72. The van der Waals surface area contributed by atoms with Crippen LogP contribution in [-0.4, -0.2) is 40.8 Å². The van der Waals surface area contributed by atoms with Crippen molar-refractivity contribution in [3.63, 3.8) is 0 Å². The lowest BCUT2D eigenvalue weighted by atomic mass is 10.2. The summed E-state index contributed by atoms with van der Waals surface area (Å²) in [5.41, 5.74) is 0.402. The molecular formula is C7H8N4O3. The first-order valence-electron chi connectivity index (χ1n) is 3.92. The van der Waals surface area contributed by atoms with Crippen LogP contribution >= 0.6 is 0 Å². The van der Waals surface area contributed by atoms with Gasteiger partial charge >= 0.3 is 5.97 Å². The van der Waals surface area contributed by atoms with Crippen molar-refractivity contribution in [3.05, 3.63) is 5.69 Å². The fraction of sp³-hybridized carbons (Fsp3) is 0.286. The number of anilines is 2. The molecule has 0 atom stereocenters. The van der Waals surface area contributed by atoms with Gasteiger partial charge < -0.3 is 15.3 Å². The van der Waals surface area contributed by atoms with Gasteiger partial charge in [0.15, 0.2) is 11.5 Å². The maximum atomic E-state index is 11.1. The molecule has 2 rings (SSSR count). The molecule has 0 aromatic carbocycles. The van der Waals surface area contributed by atoms with Gasteiger partial charge in [-0.15, -0.1) is 0 Å². The molecule has 1 aliphatic rings. The van der Waals surface area contributed by atoms with E-state index in [1.165, 1.54) is 0 Å². The van der Waals surface area contributed by atoms with Gasteiger partial charge in [0.25, 0.3) is 0 Å². The second-order valence-electron chi connectivity index (χ2n) is 3.01. The van der Waals surface area contributed by atoms with Crippen LogP contribution in [0.15, 0.2) is 0 Å². The summed E-state index contributed by atoms with van der Waals surface area (Å²) < 4.78 is 0. The molecule has 0 unspecified atom stereocenters. The topological polar surface area (TPSA) is 98.3 Å². The zero-order valence-electron chi connectivity index (χ0n) is 7.37. The number of rotatable bonds is 1. The SMILES string of the molecule is CN1CC(=O)Nc2n[nH]c(C(=O)O)c21. The minimum absolute atomic E-state index is 0.0116. The minimum atomic E-state index is -1.10. The van der Waals surface area contributed by atoms with Crippen molar-refractivity contribution in [3.8, 4) is 0 Å². The highest BCUT2D eigenvalue weighted by Gasteiger charge is 2.27. The Hall–Kier alpha value is -2.05. The standard InChI is InChI=1S/C7H8N4O3/c1-11-2-3(12)8-6-5(11)4(7(13)14)9-10-6/h2H2,1H3,(H,13,14)(H2,8,9,10,12). The number of carboxylic acids is 1. The lowest BCUT2D eigenvalue weighted by Crippen LogP contribution is -2.35. The van der Waals surface area contributed by atoms with Gasteiger partial charge in [-0.1, -0.05) is 0 Å². The molecule has 7 nitrogen and oxygen atoms in total. The zero-order chi connectivity index (χ0) is 10.3. The van der Waals surface area contributed by atoms with Crippen LogP contribution in [0.1, 0.15) is 10.5 Å². The Balaban J connectivity index is 2.52. The summed E-state index contributed by atoms with van der Waals surface area (Å²) in [5.74, 6) is -1.04. The van der Waals surface area contributed by atoms with Crippen LogP contribution < -0.4 is 10.2 Å². The summed E-state index contributed by atoms with van der Waals surface area (Å²) in [7, 11) is 1.64. The van der Waals surface area contributed by atoms with E-state index in [1.807, 2.05) is 0 Å². The number of carbonyl (C=O) groups excluding carboxylic acids is 1. The summed E-state index contributed by atoms with van der Waals surface area (Å²) in [6.07, 6.45) is 0. The number of aromatic nitrogens is 2. The Morgan fingerprint density at radius 1 is 1.64 bits per heavy atom. The van der Waals surface area contributed by atoms with Crippen molar-refractivity contribution in [2.75, 3.05) is 23.8 Å². The van der Waals surface area contributed by atoms with E-state index in [0.29, 0.717) is 5.69 Å². The lowest BCUT2D eigenvalue weighted by Gasteiger charge is -2.23. The second-order valence-corrected chi connectivity index (χ2v) is 3.01. The Labute approximate surface area is 78.7 Å². The molecule has 0 radical (unpaired) electrons. The maximum Gasteiger partial charge on any atom is 0.356 e. The third kappa shape index (κ3) is 1.10. The number of hydrogen-bond acceptors (Lipinski definition) is 4. The first-order valence-corrected chi connectivity index (χ1v) is 3.92. The summed E-state index contributed by atoms with van der Waals surface area (Å²) in [4.78, 5) is 23.4. The quantitative estimate of drug-likeness (QED) is 0.562. The van der Waals surface area contributed by atoms with E-state index in [2.05, 4.69) is 15.5 Å². The van der Waals surface area contributed by atoms with Gasteiger partial charge in [0.1, 0.15) is 5.69 Å². The molecule has 0 saturated heterocycles. The minimum Gasteiger partial charge on any atom is -0.476 e. The number of aromatic carboxylic acids is 1. The van der Waals surface area contributed by atoms with Crippen LogP contribution in [0.2, 0.25) is 0 Å². The molecule has 0 bridgehead atoms. The van der Waals surface area contributed by atoms with Gasteiger partial charge in [-0.2, -0.15) is 5.10 Å². The summed E-state index contributed by atoms with van der Waals surface area (Å²) in [6.45, 7) is 0.132. The van der Waals surface area contributed by atoms with Crippen LogP contribution in [0, 0.1) is 0 Å². The first kappa shape index (κ1) is 8.54. The molecule has 0 spiro atoms. The number of nitrogens with one attached hydrogen (secondary N) is 2. The lowest BCUT2D eigenvalue weighted by molar-refractivity contribution is -0.115. The van der Waals surface area contributed by atoms with Crippen molar-refractivity contribution in [2.45, 2.75) is 0 Å². The molecule has 0 fully saturated rings. The van der Waals surface area contributed by atoms with E-state index in [9.17, 15) is 9.59 Å². The summed E-state index contributed by atoms with van der Waals surface area (Å²) in [5, 5.41) is 17.3. The fourth-order valence-electron chi connectivity index (χ4n) is 1.41. The number of likely N-dealkylation sites (N-methyl/N-ethyl adjacent to an activating group) is 1. The highest BCUT2D eigenvalue weighted by molar-refractivity contribution is 6.05. The molecule has 7 heteroatoms. The van der Waals surface area contributed by atoms with Crippen LogP contribution in [0.5, 0.6) is 0 Å². The molecule has 1 aromatic heterocycles. The number of nitrogens with zero attached hydrogens (tertiary/aromatic N) is 2. The molecule has 2 heterocycles. The van der Waals surface area contributed by atoms with Crippen LogP contribution in [0.3, 0.4) is 0 Å². The van der Waals surface area contributed by atoms with Crippen molar-refractivity contribution in [1.82, 2.24) is 10.2 Å². The molecule has 0 saturated carbocycles. The van der Waals surface area contributed by atoms with Gasteiger partial charge in [0, 0.05) is 7.05 Å². The van der Waals surface area contributed by atoms with Crippen LogP contribution in [0.25, 0.3) is 0 Å². The molecule has 1 aliphatic heterocycles. The van der Waals surface area contributed by atoms with E-state index in [-0.39, 0.29) is 24.0 Å². The zero-order valence-corrected chi connectivity index (χ0v) is 7.37. The Kier molecular flexibility index (Phi) is 1.66. The predicted octanol–water partition coefficient (Wildman–Crippen LogP) is -0.504. The summed E-state index contributed by atoms with van der Waals surface area (Å²) >= 11 is 0. The van der Waals surface area contributed by atoms with Crippen molar-refractivity contribution < 1.29 is 14.7 Å². The van der Waals surface area contributed by atoms with Crippen LogP contribution in [0.4, 0.5) is 11.5 Å². The maximum absolute atomic E-state index is 11.1. The van der Waals surface area contributed by atoms with Crippen LogP contribution in [-0.2, 0) is 4.79 Å². The highest BCUT2D eigenvalue weighted by Crippen LogP contribution is 2.29. The number of amides is 1. The molecule has 3 N–H and O–H groups in total. The van der Waals surface area contributed by atoms with Gasteiger partial charge in [0.2, 0.25) is 5.91 Å². The number of H-pyrrole nitrogens is 1. The third-order valence-corrected chi connectivity index (χ3v) is 1.97. The molecular weight excluding hydrogens is 188 g/mol. The number of carboxylic acid groups (broad SMARTS) is 1. The molecule has 0 aliphatic carbocycles. The van der Waals surface area contributed by atoms with Gasteiger partial charge in [-0.25, -0.2) is 4.79 Å². The number of carbonyl (C=O) groups is 2. The first-order chi connectivity index (χ1) is 6.59. The smallest absolute Gasteiger partial charge is 0.356 e. The van der Waals surface area contributed by atoms with E-state index < -0.39 is 5.97 Å². The van der Waals surface area contributed by atoms with E-state index >= 15 is 0 Å². The average molecular weight is 196 g/mol. The van der Waals surface area contributed by atoms with Gasteiger partial charge in [-0.3, -0.25) is 9.89 Å². The Morgan fingerprint density at radius 3 is 3.00 bits per heavy atom. The Bertz CT molecular complexity index is 411. The average Bonchev–Trinajstić information content (AvgIpc) is 2.47. The summed E-state index contributed by atoms with van der Waals surface area (Å²) in [6, 6.07) is 0. The predicted molar refractivity (Wildman–Crippen MR) is 47.4 cm³/mol. The van der Waals surface area contributed by atoms with Crippen molar-refractivity contribution in [2.24, 2.45) is 0 Å².